The molecule has 2 aromatic rings. The predicted octanol–water partition coefficient (Wildman–Crippen LogP) is 2.07. The Bertz CT molecular complexity index is 534. The van der Waals surface area contributed by atoms with E-state index in [0.717, 1.165) is 23.4 Å². The van der Waals surface area contributed by atoms with Crippen LogP contribution < -0.4 is 4.74 Å². The molecule has 1 aromatic heterocycles. The maximum Gasteiger partial charge on any atom is 0.125 e. The van der Waals surface area contributed by atoms with Gasteiger partial charge in [0.05, 0.1) is 18.5 Å². The number of aryl methyl sites for hydroxylation is 2. The van der Waals surface area contributed by atoms with Crippen LogP contribution in [0.1, 0.15) is 30.0 Å². The lowest BCUT2D eigenvalue weighted by Crippen LogP contribution is -2.07. The summed E-state index contributed by atoms with van der Waals surface area (Å²) < 4.78 is 6.99. The average molecular weight is 246 g/mol. The molecule has 4 nitrogen and oxygen atoms in total. The van der Waals surface area contributed by atoms with E-state index in [1.165, 1.54) is 0 Å². The first-order chi connectivity index (χ1) is 8.67. The van der Waals surface area contributed by atoms with Crippen LogP contribution in [-0.4, -0.2) is 22.0 Å². The zero-order valence-corrected chi connectivity index (χ0v) is 10.9. The number of aliphatic hydroxyl groups is 1. The Morgan fingerprint density at radius 1 is 1.39 bits per heavy atom. The van der Waals surface area contributed by atoms with Crippen LogP contribution in [-0.2, 0) is 13.5 Å². The molecule has 1 heterocycles. The Morgan fingerprint density at radius 3 is 2.72 bits per heavy atom. The van der Waals surface area contributed by atoms with Gasteiger partial charge in [-0.2, -0.15) is 5.10 Å². The average Bonchev–Trinajstić information content (AvgIpc) is 2.79. The summed E-state index contributed by atoms with van der Waals surface area (Å²) in [6, 6.07) is 9.41. The highest BCUT2D eigenvalue weighted by atomic mass is 16.5. The second-order valence-corrected chi connectivity index (χ2v) is 4.18. The van der Waals surface area contributed by atoms with Gasteiger partial charge in [-0.05, 0) is 18.6 Å². The largest absolute Gasteiger partial charge is 0.496 e. The lowest BCUT2D eigenvalue weighted by atomic mass is 10.0. The molecule has 18 heavy (non-hydrogen) atoms. The van der Waals surface area contributed by atoms with Crippen LogP contribution >= 0.6 is 0 Å². The number of benzene rings is 1. The van der Waals surface area contributed by atoms with Gasteiger partial charge in [0.25, 0.3) is 0 Å². The molecule has 0 fully saturated rings. The molecule has 2 rings (SSSR count). The highest BCUT2D eigenvalue weighted by Gasteiger charge is 2.19. The van der Waals surface area contributed by atoms with Gasteiger partial charge in [0.2, 0.25) is 0 Å². The summed E-state index contributed by atoms with van der Waals surface area (Å²) in [5.74, 6) is 0.684. The van der Waals surface area contributed by atoms with Crippen molar-refractivity contribution < 1.29 is 9.84 Å². The highest BCUT2D eigenvalue weighted by molar-refractivity contribution is 5.39. The molecule has 0 aliphatic carbocycles. The third-order valence-electron chi connectivity index (χ3n) is 3.04. The number of aliphatic hydroxyl groups excluding tert-OH is 1. The summed E-state index contributed by atoms with van der Waals surface area (Å²) in [7, 11) is 3.44. The van der Waals surface area contributed by atoms with Gasteiger partial charge in [0, 0.05) is 12.6 Å². The SMILES string of the molecule is CCc1cc(C(O)c2ccccc2OC)n(C)n1. The minimum atomic E-state index is -0.723. The number of ether oxygens (including phenoxy) is 1. The summed E-state index contributed by atoms with van der Waals surface area (Å²) >= 11 is 0. The van der Waals surface area contributed by atoms with Gasteiger partial charge < -0.3 is 9.84 Å². The number of methoxy groups -OCH3 is 1. The third-order valence-corrected chi connectivity index (χ3v) is 3.04. The Hall–Kier alpha value is -1.81. The van der Waals surface area contributed by atoms with Gasteiger partial charge >= 0.3 is 0 Å². The number of hydrogen-bond donors (Lipinski definition) is 1. The van der Waals surface area contributed by atoms with Crippen molar-refractivity contribution in [3.63, 3.8) is 0 Å². The normalized spacial score (nSPS) is 12.4. The third kappa shape index (κ3) is 2.24. The Balaban J connectivity index is 2.40. The molecular formula is C14H18N2O2. The predicted molar refractivity (Wildman–Crippen MR) is 69.6 cm³/mol. The van der Waals surface area contributed by atoms with Crippen LogP contribution in [0.4, 0.5) is 0 Å². The standard InChI is InChI=1S/C14H18N2O2/c1-4-10-9-12(16(2)15-10)14(17)11-7-5-6-8-13(11)18-3/h5-9,14,17H,4H2,1-3H3. The molecule has 0 saturated heterocycles. The monoisotopic (exact) mass is 246 g/mol. The minimum absolute atomic E-state index is 0.684. The van der Waals surface area contributed by atoms with Gasteiger partial charge in [-0.15, -0.1) is 0 Å². The van der Waals surface area contributed by atoms with E-state index in [1.54, 1.807) is 11.8 Å². The number of aromatic nitrogens is 2. The van der Waals surface area contributed by atoms with E-state index >= 15 is 0 Å². The first kappa shape index (κ1) is 12.6. The van der Waals surface area contributed by atoms with E-state index in [4.69, 9.17) is 4.74 Å². The molecule has 0 amide bonds. The van der Waals surface area contributed by atoms with E-state index in [2.05, 4.69) is 5.10 Å². The Kier molecular flexibility index (Phi) is 3.67. The lowest BCUT2D eigenvalue weighted by Gasteiger charge is -2.14. The number of nitrogens with zero attached hydrogens (tertiary/aromatic N) is 2. The first-order valence-corrected chi connectivity index (χ1v) is 6.01. The fourth-order valence-corrected chi connectivity index (χ4v) is 2.02. The molecular weight excluding hydrogens is 228 g/mol. The van der Waals surface area contributed by atoms with E-state index in [-0.39, 0.29) is 0 Å². The van der Waals surface area contributed by atoms with Crippen molar-refractivity contribution in [2.24, 2.45) is 7.05 Å². The van der Waals surface area contributed by atoms with Gasteiger partial charge in [0.1, 0.15) is 11.9 Å². The molecule has 0 radical (unpaired) electrons. The smallest absolute Gasteiger partial charge is 0.125 e. The van der Waals surface area contributed by atoms with Crippen LogP contribution in [0.5, 0.6) is 5.75 Å². The summed E-state index contributed by atoms with van der Waals surface area (Å²) in [6.45, 7) is 2.04. The Morgan fingerprint density at radius 2 is 2.11 bits per heavy atom. The molecule has 0 spiro atoms. The van der Waals surface area contributed by atoms with Gasteiger partial charge in [0.15, 0.2) is 0 Å². The van der Waals surface area contributed by atoms with Crippen LogP contribution in [0.25, 0.3) is 0 Å². The van der Waals surface area contributed by atoms with Crippen molar-refractivity contribution in [3.8, 4) is 5.75 Å². The van der Waals surface area contributed by atoms with Gasteiger partial charge in [-0.1, -0.05) is 25.1 Å². The maximum atomic E-state index is 10.5. The molecule has 0 aliphatic heterocycles. The molecule has 96 valence electrons. The van der Waals surface area contributed by atoms with Crippen LogP contribution in [0.3, 0.4) is 0 Å². The summed E-state index contributed by atoms with van der Waals surface area (Å²) in [6.07, 6.45) is 0.130. The second kappa shape index (κ2) is 5.23. The van der Waals surface area contributed by atoms with Crippen LogP contribution in [0.15, 0.2) is 30.3 Å². The molecule has 4 heteroatoms. The maximum absolute atomic E-state index is 10.5. The summed E-state index contributed by atoms with van der Waals surface area (Å²) in [5, 5.41) is 14.8. The topological polar surface area (TPSA) is 47.3 Å². The molecule has 1 atom stereocenters. The van der Waals surface area contributed by atoms with Crippen molar-refractivity contribution >= 4 is 0 Å². The number of para-hydroxylation sites is 1. The van der Waals surface area contributed by atoms with Crippen LogP contribution in [0, 0.1) is 0 Å². The zero-order chi connectivity index (χ0) is 13.1. The van der Waals surface area contributed by atoms with E-state index in [9.17, 15) is 5.11 Å². The number of rotatable bonds is 4. The zero-order valence-electron chi connectivity index (χ0n) is 10.9. The van der Waals surface area contributed by atoms with Crippen molar-refractivity contribution in [1.29, 1.82) is 0 Å². The lowest BCUT2D eigenvalue weighted by molar-refractivity contribution is 0.204. The molecule has 1 aromatic carbocycles. The highest BCUT2D eigenvalue weighted by Crippen LogP contribution is 2.29. The summed E-state index contributed by atoms with van der Waals surface area (Å²) in [5.41, 5.74) is 2.50. The second-order valence-electron chi connectivity index (χ2n) is 4.18. The quantitative estimate of drug-likeness (QED) is 0.898. The van der Waals surface area contributed by atoms with Crippen molar-refractivity contribution in [3.05, 3.63) is 47.3 Å². The van der Waals surface area contributed by atoms with Crippen molar-refractivity contribution in [2.45, 2.75) is 19.4 Å². The van der Waals surface area contributed by atoms with Crippen LogP contribution in [0.2, 0.25) is 0 Å². The number of hydrogen-bond acceptors (Lipinski definition) is 3. The molecule has 0 bridgehead atoms. The fraction of sp³-hybridized carbons (Fsp3) is 0.357. The molecule has 0 aliphatic rings. The van der Waals surface area contributed by atoms with E-state index in [1.807, 2.05) is 44.3 Å². The van der Waals surface area contributed by atoms with Crippen molar-refractivity contribution in [1.82, 2.24) is 9.78 Å². The minimum Gasteiger partial charge on any atom is -0.496 e. The van der Waals surface area contributed by atoms with E-state index < -0.39 is 6.10 Å². The van der Waals surface area contributed by atoms with Gasteiger partial charge in [-0.25, -0.2) is 0 Å². The molecule has 1 N–H and O–H groups in total. The van der Waals surface area contributed by atoms with Crippen molar-refractivity contribution in [2.75, 3.05) is 7.11 Å². The van der Waals surface area contributed by atoms with Gasteiger partial charge in [-0.3, -0.25) is 4.68 Å². The fourth-order valence-electron chi connectivity index (χ4n) is 2.02. The Labute approximate surface area is 107 Å². The molecule has 1 unspecified atom stereocenters. The first-order valence-electron chi connectivity index (χ1n) is 6.01. The molecule has 0 saturated carbocycles. The van der Waals surface area contributed by atoms with E-state index in [0.29, 0.717) is 5.75 Å². The summed E-state index contributed by atoms with van der Waals surface area (Å²) in [4.78, 5) is 0.